The highest BCUT2D eigenvalue weighted by molar-refractivity contribution is 5.93. The number of unbranched alkanes of at least 4 members (excludes halogenated alkanes) is 7. The van der Waals surface area contributed by atoms with E-state index in [0.29, 0.717) is 11.7 Å². The molecule has 0 spiro atoms. The Morgan fingerprint density at radius 2 is 1.55 bits per heavy atom. The van der Waals surface area contributed by atoms with E-state index >= 15 is 0 Å². The summed E-state index contributed by atoms with van der Waals surface area (Å²) in [6.45, 7) is 12.6. The van der Waals surface area contributed by atoms with Crippen LogP contribution in [0.4, 0.5) is 0 Å². The van der Waals surface area contributed by atoms with Gasteiger partial charge in [-0.1, -0.05) is 92.4 Å². The Hall–Kier alpha value is -0.900. The summed E-state index contributed by atoms with van der Waals surface area (Å²) in [6, 6.07) is -0.324. The van der Waals surface area contributed by atoms with Crippen LogP contribution in [0.15, 0.2) is 0 Å². The van der Waals surface area contributed by atoms with Crippen LogP contribution in [0.1, 0.15) is 125 Å². The molecule has 3 atom stereocenters. The van der Waals surface area contributed by atoms with Gasteiger partial charge in [0.2, 0.25) is 5.91 Å². The molecule has 1 aliphatic heterocycles. The molecule has 0 saturated carbocycles. The van der Waals surface area contributed by atoms with Gasteiger partial charge >= 0.3 is 0 Å². The number of rotatable bonds is 19. The van der Waals surface area contributed by atoms with Crippen molar-refractivity contribution in [2.75, 3.05) is 13.1 Å². The number of amides is 1. The summed E-state index contributed by atoms with van der Waals surface area (Å²) in [5, 5.41) is 3.49. The van der Waals surface area contributed by atoms with E-state index in [1.54, 1.807) is 0 Å². The molecule has 31 heavy (non-hydrogen) atoms. The lowest BCUT2D eigenvalue weighted by atomic mass is 9.85. The number of likely N-dealkylation sites (tertiary alicyclic amines) is 1. The number of hydrogen-bond donors (Lipinski definition) is 1. The molecule has 0 aromatic rings. The highest BCUT2D eigenvalue weighted by Crippen LogP contribution is 2.27. The lowest BCUT2D eigenvalue weighted by Crippen LogP contribution is -2.48. The minimum Gasteiger partial charge on any atom is -0.331 e. The standard InChI is InChI=1S/C27H52N2O2/c1-6-9-12-13-15-19-28-24-18-20-29(27(24)31)25(21-22(4)5)26(30)23(16-11-8-3)17-14-10-7-2/h22-25,28H,6-21H2,1-5H3/t23?,24-,25+/m1/s1. The summed E-state index contributed by atoms with van der Waals surface area (Å²) in [6.07, 6.45) is 15.5. The van der Waals surface area contributed by atoms with Crippen molar-refractivity contribution in [3.63, 3.8) is 0 Å². The van der Waals surface area contributed by atoms with Crippen molar-refractivity contribution < 1.29 is 9.59 Å². The molecule has 0 aromatic heterocycles. The van der Waals surface area contributed by atoms with Crippen LogP contribution in [0.3, 0.4) is 0 Å². The van der Waals surface area contributed by atoms with Crippen LogP contribution < -0.4 is 5.32 Å². The van der Waals surface area contributed by atoms with Gasteiger partial charge < -0.3 is 10.2 Å². The molecule has 1 aliphatic rings. The second-order valence-electron chi connectivity index (χ2n) is 10.1. The third-order valence-corrected chi connectivity index (χ3v) is 6.77. The molecule has 1 saturated heterocycles. The van der Waals surface area contributed by atoms with Crippen LogP contribution in [0.25, 0.3) is 0 Å². The van der Waals surface area contributed by atoms with Crippen molar-refractivity contribution in [2.24, 2.45) is 11.8 Å². The molecule has 0 aliphatic carbocycles. The van der Waals surface area contributed by atoms with Gasteiger partial charge in [-0.05, 0) is 44.6 Å². The van der Waals surface area contributed by atoms with Gasteiger partial charge in [-0.25, -0.2) is 0 Å². The van der Waals surface area contributed by atoms with Gasteiger partial charge in [0, 0.05) is 12.5 Å². The number of nitrogens with one attached hydrogen (secondary N) is 1. The van der Waals surface area contributed by atoms with E-state index in [0.717, 1.165) is 64.5 Å². The molecule has 1 heterocycles. The summed E-state index contributed by atoms with van der Waals surface area (Å²) in [5.41, 5.74) is 0. The van der Waals surface area contributed by atoms with Crippen molar-refractivity contribution in [3.05, 3.63) is 0 Å². The average molecular weight is 437 g/mol. The smallest absolute Gasteiger partial charge is 0.240 e. The Morgan fingerprint density at radius 3 is 2.19 bits per heavy atom. The van der Waals surface area contributed by atoms with E-state index in [1.165, 1.54) is 38.5 Å². The first-order valence-corrected chi connectivity index (χ1v) is 13.5. The third kappa shape index (κ3) is 10.5. The largest absolute Gasteiger partial charge is 0.331 e. The van der Waals surface area contributed by atoms with Crippen LogP contribution in [0.5, 0.6) is 0 Å². The van der Waals surface area contributed by atoms with Gasteiger partial charge in [-0.3, -0.25) is 9.59 Å². The Kier molecular flexibility index (Phi) is 15.2. The molecule has 1 unspecified atom stereocenters. The predicted molar refractivity (Wildman–Crippen MR) is 132 cm³/mol. The number of Topliss-reactive ketones (excluding diaryl/α,β-unsaturated/α-hetero) is 1. The zero-order valence-electron chi connectivity index (χ0n) is 21.4. The second-order valence-corrected chi connectivity index (χ2v) is 10.1. The van der Waals surface area contributed by atoms with Crippen LogP contribution in [-0.2, 0) is 9.59 Å². The predicted octanol–water partition coefficient (Wildman–Crippen LogP) is 6.52. The summed E-state index contributed by atoms with van der Waals surface area (Å²) in [5.74, 6) is 1.03. The minimum absolute atomic E-state index is 0.0946. The Morgan fingerprint density at radius 1 is 0.935 bits per heavy atom. The number of carbonyl (C=O) groups excluding carboxylic acids is 2. The molecule has 0 bridgehead atoms. The molecule has 1 amide bonds. The van der Waals surface area contributed by atoms with E-state index in [4.69, 9.17) is 0 Å². The minimum atomic E-state index is -0.229. The lowest BCUT2D eigenvalue weighted by Gasteiger charge is -2.31. The number of carbonyl (C=O) groups is 2. The van der Waals surface area contributed by atoms with E-state index in [2.05, 4.69) is 39.9 Å². The first kappa shape index (κ1) is 28.1. The molecule has 1 rings (SSSR count). The van der Waals surface area contributed by atoms with E-state index in [-0.39, 0.29) is 23.9 Å². The molecule has 4 heteroatoms. The maximum Gasteiger partial charge on any atom is 0.240 e. The fraction of sp³-hybridized carbons (Fsp3) is 0.926. The van der Waals surface area contributed by atoms with Gasteiger partial charge in [-0.15, -0.1) is 0 Å². The summed E-state index contributed by atoms with van der Waals surface area (Å²) >= 11 is 0. The number of nitrogens with zero attached hydrogens (tertiary/aromatic N) is 1. The molecule has 0 aromatic carbocycles. The van der Waals surface area contributed by atoms with Gasteiger partial charge in [0.15, 0.2) is 5.78 Å². The normalized spacial score (nSPS) is 18.7. The first-order valence-electron chi connectivity index (χ1n) is 13.5. The number of hydrogen-bond acceptors (Lipinski definition) is 3. The molecular weight excluding hydrogens is 384 g/mol. The Balaban J connectivity index is 2.73. The fourth-order valence-electron chi connectivity index (χ4n) is 4.84. The van der Waals surface area contributed by atoms with E-state index < -0.39 is 0 Å². The molecule has 1 fully saturated rings. The van der Waals surface area contributed by atoms with Crippen molar-refractivity contribution in [1.82, 2.24) is 10.2 Å². The summed E-state index contributed by atoms with van der Waals surface area (Å²) < 4.78 is 0. The Labute approximate surface area is 193 Å². The summed E-state index contributed by atoms with van der Waals surface area (Å²) in [4.78, 5) is 28.8. The van der Waals surface area contributed by atoms with Crippen molar-refractivity contribution in [2.45, 2.75) is 137 Å². The third-order valence-electron chi connectivity index (χ3n) is 6.77. The maximum atomic E-state index is 13.7. The van der Waals surface area contributed by atoms with Crippen LogP contribution in [-0.4, -0.2) is 41.8 Å². The topological polar surface area (TPSA) is 49.4 Å². The average Bonchev–Trinajstić information content (AvgIpc) is 3.11. The highest BCUT2D eigenvalue weighted by atomic mass is 16.2. The van der Waals surface area contributed by atoms with Crippen LogP contribution >= 0.6 is 0 Å². The SMILES string of the molecule is CCCCCCCN[C@@H]1CCN([C@@H](CC(C)C)C(=O)C(CCCC)CCCCC)C1=O. The van der Waals surface area contributed by atoms with Crippen LogP contribution in [0.2, 0.25) is 0 Å². The van der Waals surface area contributed by atoms with Crippen molar-refractivity contribution in [1.29, 1.82) is 0 Å². The van der Waals surface area contributed by atoms with Gasteiger partial charge in [0.1, 0.15) is 0 Å². The van der Waals surface area contributed by atoms with E-state index in [1.807, 2.05) is 4.90 Å². The molecule has 4 nitrogen and oxygen atoms in total. The summed E-state index contributed by atoms with van der Waals surface area (Å²) in [7, 11) is 0. The molecule has 1 N–H and O–H groups in total. The van der Waals surface area contributed by atoms with Crippen molar-refractivity contribution in [3.8, 4) is 0 Å². The zero-order chi connectivity index (χ0) is 23.1. The van der Waals surface area contributed by atoms with Crippen LogP contribution in [0, 0.1) is 11.8 Å². The highest BCUT2D eigenvalue weighted by Gasteiger charge is 2.40. The van der Waals surface area contributed by atoms with Gasteiger partial charge in [0.05, 0.1) is 12.1 Å². The molecule has 0 radical (unpaired) electrons. The van der Waals surface area contributed by atoms with Crippen molar-refractivity contribution >= 4 is 11.7 Å². The first-order chi connectivity index (χ1) is 15.0. The Bertz CT molecular complexity index is 492. The monoisotopic (exact) mass is 436 g/mol. The van der Waals surface area contributed by atoms with E-state index in [9.17, 15) is 9.59 Å². The number of ketones is 1. The van der Waals surface area contributed by atoms with Gasteiger partial charge in [0.25, 0.3) is 0 Å². The zero-order valence-corrected chi connectivity index (χ0v) is 21.4. The van der Waals surface area contributed by atoms with Gasteiger partial charge in [-0.2, -0.15) is 0 Å². The molecule has 182 valence electrons. The maximum absolute atomic E-state index is 13.7. The lowest BCUT2D eigenvalue weighted by molar-refractivity contribution is -0.140. The second kappa shape index (κ2) is 16.7. The quantitative estimate of drug-likeness (QED) is 0.235. The fourth-order valence-corrected chi connectivity index (χ4v) is 4.84. The molecular formula is C27H52N2O2.